The minimum absolute atomic E-state index is 0. The topological polar surface area (TPSA) is 114 Å². The van der Waals surface area contributed by atoms with Crippen LogP contribution in [0.5, 0.6) is 0 Å². The van der Waals surface area contributed by atoms with E-state index in [2.05, 4.69) is 24.1 Å². The molecule has 0 fully saturated rings. The van der Waals surface area contributed by atoms with E-state index in [9.17, 15) is 9.59 Å². The molecule has 0 aliphatic heterocycles. The van der Waals surface area contributed by atoms with Crippen molar-refractivity contribution in [2.24, 2.45) is 17.4 Å². The van der Waals surface area contributed by atoms with E-state index < -0.39 is 5.91 Å². The summed E-state index contributed by atoms with van der Waals surface area (Å²) in [5.41, 5.74) is 11.3. The van der Waals surface area contributed by atoms with Crippen molar-refractivity contribution in [1.29, 1.82) is 0 Å². The van der Waals surface area contributed by atoms with Gasteiger partial charge in [-0.25, -0.2) is 0 Å². The van der Waals surface area contributed by atoms with Gasteiger partial charge in [0.15, 0.2) is 0 Å². The van der Waals surface area contributed by atoms with E-state index in [4.69, 9.17) is 11.5 Å². The molecule has 1 unspecified atom stereocenters. The van der Waals surface area contributed by atoms with Crippen LogP contribution >= 0.6 is 12.4 Å². The summed E-state index contributed by atoms with van der Waals surface area (Å²) in [5.74, 6) is -0.398. The normalized spacial score (nSPS) is 11.8. The van der Waals surface area contributed by atoms with Gasteiger partial charge in [-0.2, -0.15) is 0 Å². The third-order valence-electron chi connectivity index (χ3n) is 2.59. The number of hydrogen-bond acceptors (Lipinski definition) is 3. The maximum absolute atomic E-state index is 11.9. The number of rotatable bonds is 6. The van der Waals surface area contributed by atoms with Crippen molar-refractivity contribution in [2.75, 3.05) is 6.54 Å². The Balaban J connectivity index is 0.00000324. The van der Waals surface area contributed by atoms with Crippen molar-refractivity contribution in [3.63, 3.8) is 0 Å². The first-order valence-corrected chi connectivity index (χ1v) is 5.93. The molecule has 0 bridgehead atoms. The Morgan fingerprint density at radius 3 is 2.47 bits per heavy atom. The van der Waals surface area contributed by atoms with Crippen LogP contribution < -0.4 is 16.8 Å². The number of amides is 2. The Morgan fingerprint density at radius 2 is 2.05 bits per heavy atom. The van der Waals surface area contributed by atoms with Crippen LogP contribution in [0.15, 0.2) is 12.3 Å². The first-order valence-electron chi connectivity index (χ1n) is 5.93. The molecule has 1 heterocycles. The molecule has 1 atom stereocenters. The highest BCUT2D eigenvalue weighted by Crippen LogP contribution is 2.06. The number of nitrogens with two attached hydrogens (primary N) is 2. The number of carbonyl (C=O) groups is 2. The van der Waals surface area contributed by atoms with Crippen molar-refractivity contribution in [1.82, 2.24) is 10.3 Å². The molecule has 6 nitrogen and oxygen atoms in total. The molecule has 0 saturated carbocycles. The zero-order chi connectivity index (χ0) is 13.7. The fourth-order valence-electron chi connectivity index (χ4n) is 1.71. The number of primary amides is 1. The maximum atomic E-state index is 11.9. The molecule has 0 spiro atoms. The molecule has 1 rings (SSSR count). The smallest absolute Gasteiger partial charge is 0.267 e. The number of nitrogens with one attached hydrogen (secondary N) is 2. The van der Waals surface area contributed by atoms with E-state index >= 15 is 0 Å². The molecule has 19 heavy (non-hydrogen) atoms. The lowest BCUT2D eigenvalue weighted by atomic mass is 10.0. The molecule has 6 N–H and O–H groups in total. The van der Waals surface area contributed by atoms with E-state index in [1.165, 1.54) is 12.3 Å². The molecular weight excluding hydrogens is 268 g/mol. The average Bonchev–Trinajstić information content (AvgIpc) is 2.76. The van der Waals surface area contributed by atoms with Gasteiger partial charge in [0.2, 0.25) is 5.91 Å². The lowest BCUT2D eigenvalue weighted by molar-refractivity contribution is 0.0929. The Kier molecular flexibility index (Phi) is 7.18. The highest BCUT2D eigenvalue weighted by molar-refractivity contribution is 5.98. The van der Waals surface area contributed by atoms with Gasteiger partial charge >= 0.3 is 0 Å². The molecule has 0 aliphatic carbocycles. The summed E-state index contributed by atoms with van der Waals surface area (Å²) >= 11 is 0. The van der Waals surface area contributed by atoms with Crippen molar-refractivity contribution >= 4 is 24.2 Å². The van der Waals surface area contributed by atoms with Gasteiger partial charge in [-0.05, 0) is 18.4 Å². The van der Waals surface area contributed by atoms with Gasteiger partial charge in [0, 0.05) is 18.8 Å². The Labute approximate surface area is 118 Å². The minimum atomic E-state index is -0.567. The van der Waals surface area contributed by atoms with Gasteiger partial charge in [-0.1, -0.05) is 13.8 Å². The van der Waals surface area contributed by atoms with Gasteiger partial charge < -0.3 is 21.8 Å². The Hall–Kier alpha value is -1.53. The zero-order valence-electron chi connectivity index (χ0n) is 11.1. The monoisotopic (exact) mass is 288 g/mol. The molecule has 0 saturated heterocycles. The van der Waals surface area contributed by atoms with Gasteiger partial charge in [0.25, 0.3) is 5.91 Å². The SMILES string of the molecule is CC(C)CC(CN)NC(=O)c1cc(C(N)=O)c[nH]1.Cl. The van der Waals surface area contributed by atoms with Gasteiger partial charge in [0.05, 0.1) is 5.56 Å². The minimum Gasteiger partial charge on any atom is -0.366 e. The number of hydrogen-bond donors (Lipinski definition) is 4. The number of aromatic nitrogens is 1. The van der Waals surface area contributed by atoms with Crippen LogP contribution in [0.2, 0.25) is 0 Å². The van der Waals surface area contributed by atoms with Crippen LogP contribution in [0.4, 0.5) is 0 Å². The Bertz CT molecular complexity index is 431. The lowest BCUT2D eigenvalue weighted by Gasteiger charge is -2.18. The maximum Gasteiger partial charge on any atom is 0.267 e. The third kappa shape index (κ3) is 5.32. The van der Waals surface area contributed by atoms with E-state index in [1.54, 1.807) is 0 Å². The van der Waals surface area contributed by atoms with Crippen LogP contribution in [-0.4, -0.2) is 29.4 Å². The zero-order valence-corrected chi connectivity index (χ0v) is 11.9. The van der Waals surface area contributed by atoms with Crippen LogP contribution in [0.25, 0.3) is 0 Å². The summed E-state index contributed by atoms with van der Waals surface area (Å²) in [5, 5.41) is 2.82. The predicted molar refractivity (Wildman–Crippen MR) is 76.3 cm³/mol. The van der Waals surface area contributed by atoms with Gasteiger partial charge in [-0.3, -0.25) is 9.59 Å². The number of aromatic amines is 1. The molecular formula is C12H21ClN4O2. The summed E-state index contributed by atoms with van der Waals surface area (Å²) in [6.45, 7) is 4.51. The van der Waals surface area contributed by atoms with Gasteiger partial charge in [0.1, 0.15) is 5.69 Å². The van der Waals surface area contributed by atoms with E-state index in [0.717, 1.165) is 6.42 Å². The quantitative estimate of drug-likeness (QED) is 0.616. The summed E-state index contributed by atoms with van der Waals surface area (Å²) in [7, 11) is 0. The molecule has 1 aromatic heterocycles. The van der Waals surface area contributed by atoms with Crippen LogP contribution in [0.3, 0.4) is 0 Å². The number of carbonyl (C=O) groups excluding carboxylic acids is 2. The molecule has 2 amide bonds. The molecule has 7 heteroatoms. The fourth-order valence-corrected chi connectivity index (χ4v) is 1.71. The summed E-state index contributed by atoms with van der Waals surface area (Å²) < 4.78 is 0. The second-order valence-electron chi connectivity index (χ2n) is 4.70. The van der Waals surface area contributed by atoms with E-state index in [0.29, 0.717) is 18.2 Å². The fraction of sp³-hybridized carbons (Fsp3) is 0.500. The highest BCUT2D eigenvalue weighted by atomic mass is 35.5. The van der Waals surface area contributed by atoms with Gasteiger partial charge in [-0.15, -0.1) is 12.4 Å². The van der Waals surface area contributed by atoms with Crippen molar-refractivity contribution in [2.45, 2.75) is 26.3 Å². The first-order chi connectivity index (χ1) is 8.43. The van der Waals surface area contributed by atoms with Crippen LogP contribution in [-0.2, 0) is 0 Å². The number of halogens is 1. The molecule has 0 aliphatic rings. The summed E-state index contributed by atoms with van der Waals surface area (Å²) in [6.07, 6.45) is 2.22. The van der Waals surface area contributed by atoms with Crippen molar-refractivity contribution < 1.29 is 9.59 Å². The van der Waals surface area contributed by atoms with Crippen molar-refractivity contribution in [3.05, 3.63) is 23.5 Å². The average molecular weight is 289 g/mol. The molecule has 0 radical (unpaired) electrons. The second kappa shape index (κ2) is 7.81. The Morgan fingerprint density at radius 1 is 1.42 bits per heavy atom. The lowest BCUT2D eigenvalue weighted by Crippen LogP contribution is -2.41. The first kappa shape index (κ1) is 17.5. The number of H-pyrrole nitrogens is 1. The predicted octanol–water partition coefficient (Wildman–Crippen LogP) is 0.639. The van der Waals surface area contributed by atoms with E-state index in [1.807, 2.05) is 0 Å². The molecule has 108 valence electrons. The van der Waals surface area contributed by atoms with E-state index in [-0.39, 0.29) is 29.9 Å². The summed E-state index contributed by atoms with van der Waals surface area (Å²) in [4.78, 5) is 25.5. The third-order valence-corrected chi connectivity index (χ3v) is 2.59. The second-order valence-corrected chi connectivity index (χ2v) is 4.70. The largest absolute Gasteiger partial charge is 0.366 e. The van der Waals surface area contributed by atoms with Crippen LogP contribution in [0, 0.1) is 5.92 Å². The molecule has 0 aromatic carbocycles. The highest BCUT2D eigenvalue weighted by Gasteiger charge is 2.16. The standard InChI is InChI=1S/C12H20N4O2.ClH/c1-7(2)3-9(5-13)16-12(18)10-4-8(6-15-10)11(14)17;/h4,6-7,9,15H,3,5,13H2,1-2H3,(H2,14,17)(H,16,18);1H. The van der Waals surface area contributed by atoms with Crippen LogP contribution in [0.1, 0.15) is 41.1 Å². The van der Waals surface area contributed by atoms with Crippen molar-refractivity contribution in [3.8, 4) is 0 Å². The molecule has 1 aromatic rings. The summed E-state index contributed by atoms with van der Waals surface area (Å²) in [6, 6.07) is 1.36.